The van der Waals surface area contributed by atoms with Gasteiger partial charge in [0.25, 0.3) is 0 Å². The first-order chi connectivity index (χ1) is 10.0. The van der Waals surface area contributed by atoms with Gasteiger partial charge in [-0.25, -0.2) is 0 Å². The second kappa shape index (κ2) is 6.29. The topological polar surface area (TPSA) is 62.3 Å². The van der Waals surface area contributed by atoms with E-state index in [9.17, 15) is 0 Å². The summed E-state index contributed by atoms with van der Waals surface area (Å²) in [7, 11) is 4.02. The number of nitrogens with two attached hydrogens (primary N) is 1. The average Bonchev–Trinajstić information content (AvgIpc) is 2.44. The summed E-state index contributed by atoms with van der Waals surface area (Å²) in [6, 6.07) is 13.4. The first kappa shape index (κ1) is 14.9. The zero-order chi connectivity index (χ0) is 15.4. The van der Waals surface area contributed by atoms with Crippen molar-refractivity contribution in [2.75, 3.05) is 19.8 Å². The predicted octanol–water partition coefficient (Wildman–Crippen LogP) is 3.30. The standard InChI is InChI=1S/C17H19N3O/c1-12-8-17(15(19)9-14(12)10-18)21-16-7-5-4-6-13(16)11-20(2)3/h4-9H,11,19H2,1-3H3. The Hall–Kier alpha value is -2.51. The summed E-state index contributed by atoms with van der Waals surface area (Å²) in [5, 5.41) is 9.01. The van der Waals surface area contributed by atoms with Gasteiger partial charge in [-0.3, -0.25) is 0 Å². The number of aryl methyl sites for hydroxylation is 1. The molecule has 0 unspecified atom stereocenters. The molecule has 0 aliphatic heterocycles. The highest BCUT2D eigenvalue weighted by molar-refractivity contribution is 5.60. The summed E-state index contributed by atoms with van der Waals surface area (Å²) in [4.78, 5) is 2.08. The van der Waals surface area contributed by atoms with E-state index in [4.69, 9.17) is 15.7 Å². The molecule has 2 aromatic rings. The van der Waals surface area contributed by atoms with Gasteiger partial charge in [0.1, 0.15) is 5.75 Å². The Kier molecular flexibility index (Phi) is 4.46. The monoisotopic (exact) mass is 281 g/mol. The Labute approximate surface area is 125 Å². The van der Waals surface area contributed by atoms with Crippen molar-refractivity contribution in [2.24, 2.45) is 0 Å². The fraction of sp³-hybridized carbons (Fsp3) is 0.235. The van der Waals surface area contributed by atoms with Gasteiger partial charge in [-0.05, 0) is 44.8 Å². The maximum absolute atomic E-state index is 9.01. The number of benzene rings is 2. The van der Waals surface area contributed by atoms with E-state index in [1.165, 1.54) is 0 Å². The fourth-order valence-corrected chi connectivity index (χ4v) is 2.10. The summed E-state index contributed by atoms with van der Waals surface area (Å²) in [5.41, 5.74) is 8.96. The van der Waals surface area contributed by atoms with Gasteiger partial charge in [0, 0.05) is 12.1 Å². The predicted molar refractivity (Wildman–Crippen MR) is 84.2 cm³/mol. The average molecular weight is 281 g/mol. The molecule has 0 saturated heterocycles. The first-order valence-electron chi connectivity index (χ1n) is 6.72. The van der Waals surface area contributed by atoms with Crippen LogP contribution in [-0.2, 0) is 6.54 Å². The van der Waals surface area contributed by atoms with Crippen molar-refractivity contribution in [3.8, 4) is 17.6 Å². The van der Waals surface area contributed by atoms with Gasteiger partial charge in [-0.2, -0.15) is 5.26 Å². The Morgan fingerprint density at radius 1 is 1.19 bits per heavy atom. The Bertz CT molecular complexity index is 687. The largest absolute Gasteiger partial charge is 0.455 e. The Balaban J connectivity index is 2.35. The summed E-state index contributed by atoms with van der Waals surface area (Å²) in [5.74, 6) is 1.36. The Morgan fingerprint density at radius 3 is 2.57 bits per heavy atom. The molecule has 0 bridgehead atoms. The van der Waals surface area contributed by atoms with Crippen molar-refractivity contribution in [3.63, 3.8) is 0 Å². The molecule has 2 N–H and O–H groups in total. The molecule has 0 aliphatic carbocycles. The molecule has 0 atom stereocenters. The van der Waals surface area contributed by atoms with Crippen molar-refractivity contribution in [2.45, 2.75) is 13.5 Å². The van der Waals surface area contributed by atoms with Crippen LogP contribution >= 0.6 is 0 Å². The van der Waals surface area contributed by atoms with Crippen molar-refractivity contribution >= 4 is 5.69 Å². The molecule has 0 amide bonds. The van der Waals surface area contributed by atoms with Crippen LogP contribution < -0.4 is 10.5 Å². The van der Waals surface area contributed by atoms with Crippen LogP contribution in [0.5, 0.6) is 11.5 Å². The third-order valence-corrected chi connectivity index (χ3v) is 3.16. The van der Waals surface area contributed by atoms with E-state index in [1.54, 1.807) is 12.1 Å². The van der Waals surface area contributed by atoms with E-state index in [2.05, 4.69) is 11.0 Å². The first-order valence-corrected chi connectivity index (χ1v) is 6.72. The highest BCUT2D eigenvalue weighted by Crippen LogP contribution is 2.32. The third-order valence-electron chi connectivity index (χ3n) is 3.16. The van der Waals surface area contributed by atoms with Crippen molar-refractivity contribution in [1.82, 2.24) is 4.90 Å². The number of nitrogen functional groups attached to an aromatic ring is 1. The van der Waals surface area contributed by atoms with Crippen LogP contribution in [-0.4, -0.2) is 19.0 Å². The fourth-order valence-electron chi connectivity index (χ4n) is 2.10. The van der Waals surface area contributed by atoms with Gasteiger partial charge in [0.15, 0.2) is 5.75 Å². The molecule has 21 heavy (non-hydrogen) atoms. The van der Waals surface area contributed by atoms with Crippen LogP contribution in [0.1, 0.15) is 16.7 Å². The number of anilines is 1. The number of nitrogens with zero attached hydrogens (tertiary/aromatic N) is 2. The molecular formula is C17H19N3O. The van der Waals surface area contributed by atoms with Crippen molar-refractivity contribution in [3.05, 3.63) is 53.1 Å². The molecule has 4 heteroatoms. The van der Waals surface area contributed by atoms with Gasteiger partial charge < -0.3 is 15.4 Å². The van der Waals surface area contributed by atoms with E-state index in [0.29, 0.717) is 17.0 Å². The number of ether oxygens (including phenoxy) is 1. The molecule has 0 radical (unpaired) electrons. The SMILES string of the molecule is Cc1cc(Oc2ccccc2CN(C)C)c(N)cc1C#N. The lowest BCUT2D eigenvalue weighted by atomic mass is 10.1. The number of hydrogen-bond donors (Lipinski definition) is 1. The molecule has 108 valence electrons. The molecular weight excluding hydrogens is 262 g/mol. The summed E-state index contributed by atoms with van der Waals surface area (Å²) < 4.78 is 5.96. The highest BCUT2D eigenvalue weighted by Gasteiger charge is 2.10. The molecule has 2 rings (SSSR count). The summed E-state index contributed by atoms with van der Waals surface area (Å²) in [6.45, 7) is 2.65. The van der Waals surface area contributed by atoms with Crippen LogP contribution in [0, 0.1) is 18.3 Å². The number of nitriles is 1. The molecule has 0 saturated carbocycles. The summed E-state index contributed by atoms with van der Waals surface area (Å²) in [6.07, 6.45) is 0. The number of hydrogen-bond acceptors (Lipinski definition) is 4. The van der Waals surface area contributed by atoms with Gasteiger partial charge >= 0.3 is 0 Å². The normalized spacial score (nSPS) is 10.4. The van der Waals surface area contributed by atoms with E-state index in [1.807, 2.05) is 45.3 Å². The number of para-hydroxylation sites is 1. The molecule has 0 aliphatic rings. The van der Waals surface area contributed by atoms with Gasteiger partial charge in [-0.15, -0.1) is 0 Å². The van der Waals surface area contributed by atoms with E-state index >= 15 is 0 Å². The maximum Gasteiger partial charge on any atom is 0.150 e. The van der Waals surface area contributed by atoms with Crippen molar-refractivity contribution in [1.29, 1.82) is 5.26 Å². The van der Waals surface area contributed by atoms with Crippen LogP contribution in [0.2, 0.25) is 0 Å². The smallest absolute Gasteiger partial charge is 0.150 e. The van der Waals surface area contributed by atoms with Crippen molar-refractivity contribution < 1.29 is 4.74 Å². The molecule has 4 nitrogen and oxygen atoms in total. The zero-order valence-electron chi connectivity index (χ0n) is 12.6. The van der Waals surface area contributed by atoms with Crippen LogP contribution in [0.15, 0.2) is 36.4 Å². The number of rotatable bonds is 4. The molecule has 0 fully saturated rings. The lowest BCUT2D eigenvalue weighted by Crippen LogP contribution is -2.11. The minimum absolute atomic E-state index is 0.469. The molecule has 0 heterocycles. The quantitative estimate of drug-likeness (QED) is 0.873. The lowest BCUT2D eigenvalue weighted by molar-refractivity contribution is 0.389. The van der Waals surface area contributed by atoms with Gasteiger partial charge in [-0.1, -0.05) is 18.2 Å². The van der Waals surface area contributed by atoms with E-state index in [-0.39, 0.29) is 0 Å². The Morgan fingerprint density at radius 2 is 1.90 bits per heavy atom. The van der Waals surface area contributed by atoms with E-state index in [0.717, 1.165) is 23.4 Å². The zero-order valence-corrected chi connectivity index (χ0v) is 12.6. The maximum atomic E-state index is 9.01. The lowest BCUT2D eigenvalue weighted by Gasteiger charge is -2.16. The minimum atomic E-state index is 0.469. The van der Waals surface area contributed by atoms with E-state index < -0.39 is 0 Å². The van der Waals surface area contributed by atoms with Gasteiger partial charge in [0.05, 0.1) is 17.3 Å². The van der Waals surface area contributed by atoms with Crippen LogP contribution in [0.3, 0.4) is 0 Å². The third kappa shape index (κ3) is 3.53. The second-order valence-corrected chi connectivity index (χ2v) is 5.26. The second-order valence-electron chi connectivity index (χ2n) is 5.26. The van der Waals surface area contributed by atoms with Crippen LogP contribution in [0.4, 0.5) is 5.69 Å². The van der Waals surface area contributed by atoms with Gasteiger partial charge in [0.2, 0.25) is 0 Å². The van der Waals surface area contributed by atoms with Crippen LogP contribution in [0.25, 0.3) is 0 Å². The minimum Gasteiger partial charge on any atom is -0.455 e. The molecule has 0 aromatic heterocycles. The molecule has 2 aromatic carbocycles. The molecule has 0 spiro atoms. The summed E-state index contributed by atoms with van der Waals surface area (Å²) >= 11 is 0. The highest BCUT2D eigenvalue weighted by atomic mass is 16.5.